The van der Waals surface area contributed by atoms with E-state index in [1.54, 1.807) is 18.2 Å². The van der Waals surface area contributed by atoms with Crippen molar-refractivity contribution in [1.82, 2.24) is 0 Å². The Morgan fingerprint density at radius 3 is 2.93 bits per heavy atom. The van der Waals surface area contributed by atoms with Gasteiger partial charge in [0.25, 0.3) is 0 Å². The fraction of sp³-hybridized carbons (Fsp3) is 0.100. The fourth-order valence-corrected chi connectivity index (χ4v) is 1.20. The van der Waals surface area contributed by atoms with E-state index in [-0.39, 0.29) is 5.91 Å². The fourth-order valence-electron chi connectivity index (χ4n) is 1.03. The van der Waals surface area contributed by atoms with Gasteiger partial charge in [-0.05, 0) is 23.8 Å². The van der Waals surface area contributed by atoms with Crippen molar-refractivity contribution in [3.63, 3.8) is 0 Å². The minimum Gasteiger partial charge on any atom is -0.326 e. The molecule has 0 spiro atoms. The summed E-state index contributed by atoms with van der Waals surface area (Å²) in [5.74, 6) is -0.276. The van der Waals surface area contributed by atoms with Crippen molar-refractivity contribution in [2.24, 2.45) is 5.73 Å². The first-order valence-corrected chi connectivity index (χ1v) is 4.47. The topological polar surface area (TPSA) is 55.1 Å². The van der Waals surface area contributed by atoms with Crippen LogP contribution in [0.5, 0.6) is 0 Å². The van der Waals surface area contributed by atoms with Crippen LogP contribution in [0.1, 0.15) is 5.56 Å². The average Bonchev–Trinajstić information content (AvgIpc) is 2.18. The molecule has 0 bridgehead atoms. The summed E-state index contributed by atoms with van der Waals surface area (Å²) in [6.07, 6.45) is 1.20. The van der Waals surface area contributed by atoms with Gasteiger partial charge in [0.15, 0.2) is 0 Å². The van der Waals surface area contributed by atoms with Gasteiger partial charge in [-0.3, -0.25) is 4.79 Å². The van der Waals surface area contributed by atoms with E-state index in [4.69, 9.17) is 17.3 Å². The number of hydrogen-bond acceptors (Lipinski definition) is 2. The SMILES string of the molecule is C=CC(=O)Nc1cc(Cl)ccc1CN. The van der Waals surface area contributed by atoms with Crippen LogP contribution in [0.2, 0.25) is 5.02 Å². The van der Waals surface area contributed by atoms with Gasteiger partial charge >= 0.3 is 0 Å². The smallest absolute Gasteiger partial charge is 0.247 e. The normalized spacial score (nSPS) is 9.57. The molecule has 0 radical (unpaired) electrons. The second-order valence-corrected chi connectivity index (χ2v) is 3.14. The van der Waals surface area contributed by atoms with Crippen LogP contribution >= 0.6 is 11.6 Å². The van der Waals surface area contributed by atoms with E-state index in [1.807, 2.05) is 0 Å². The van der Waals surface area contributed by atoms with Crippen LogP contribution in [-0.2, 0) is 11.3 Å². The van der Waals surface area contributed by atoms with E-state index in [9.17, 15) is 4.79 Å². The molecule has 0 aliphatic heterocycles. The summed E-state index contributed by atoms with van der Waals surface area (Å²) in [6.45, 7) is 3.71. The minimum atomic E-state index is -0.276. The molecule has 0 heterocycles. The van der Waals surface area contributed by atoms with Crippen LogP contribution < -0.4 is 11.1 Å². The molecular weight excluding hydrogens is 200 g/mol. The molecule has 0 fully saturated rings. The number of carbonyl (C=O) groups excluding carboxylic acids is 1. The first kappa shape index (κ1) is 10.8. The number of carbonyl (C=O) groups is 1. The summed E-state index contributed by atoms with van der Waals surface area (Å²) in [4.78, 5) is 11.0. The maximum atomic E-state index is 11.0. The summed E-state index contributed by atoms with van der Waals surface area (Å²) >= 11 is 5.78. The average molecular weight is 211 g/mol. The molecule has 0 saturated heterocycles. The Labute approximate surface area is 87.6 Å². The van der Waals surface area contributed by atoms with E-state index >= 15 is 0 Å². The Balaban J connectivity index is 2.98. The lowest BCUT2D eigenvalue weighted by atomic mass is 10.2. The second kappa shape index (κ2) is 4.79. The third kappa shape index (κ3) is 2.58. The Morgan fingerprint density at radius 1 is 1.64 bits per heavy atom. The number of nitrogens with one attached hydrogen (secondary N) is 1. The molecule has 1 aromatic carbocycles. The van der Waals surface area contributed by atoms with E-state index in [1.165, 1.54) is 6.08 Å². The standard InChI is InChI=1S/C10H11ClN2O/c1-2-10(14)13-9-5-8(11)4-3-7(9)6-12/h2-5H,1,6,12H2,(H,13,14). The molecule has 0 aromatic heterocycles. The van der Waals surface area contributed by atoms with Crippen molar-refractivity contribution < 1.29 is 4.79 Å². The van der Waals surface area contributed by atoms with Gasteiger partial charge in [0.1, 0.15) is 0 Å². The third-order valence-electron chi connectivity index (χ3n) is 1.74. The Kier molecular flexibility index (Phi) is 3.68. The maximum absolute atomic E-state index is 11.0. The van der Waals surface area contributed by atoms with Crippen LogP contribution in [0.15, 0.2) is 30.9 Å². The molecule has 74 valence electrons. The van der Waals surface area contributed by atoms with Crippen molar-refractivity contribution in [3.05, 3.63) is 41.4 Å². The number of benzene rings is 1. The Morgan fingerprint density at radius 2 is 2.36 bits per heavy atom. The molecule has 4 heteroatoms. The third-order valence-corrected chi connectivity index (χ3v) is 1.97. The zero-order valence-corrected chi connectivity index (χ0v) is 8.34. The molecule has 3 nitrogen and oxygen atoms in total. The number of rotatable bonds is 3. The van der Waals surface area contributed by atoms with Gasteiger partial charge < -0.3 is 11.1 Å². The summed E-state index contributed by atoms with van der Waals surface area (Å²) < 4.78 is 0. The molecule has 3 N–H and O–H groups in total. The summed E-state index contributed by atoms with van der Waals surface area (Å²) in [6, 6.07) is 5.17. The lowest BCUT2D eigenvalue weighted by molar-refractivity contribution is -0.111. The van der Waals surface area contributed by atoms with Crippen LogP contribution in [0, 0.1) is 0 Å². The van der Waals surface area contributed by atoms with Crippen molar-refractivity contribution >= 4 is 23.2 Å². The Bertz CT molecular complexity index is 363. The predicted molar refractivity (Wildman–Crippen MR) is 58.2 cm³/mol. The first-order valence-electron chi connectivity index (χ1n) is 4.09. The lowest BCUT2D eigenvalue weighted by Crippen LogP contribution is -2.11. The van der Waals surface area contributed by atoms with Gasteiger partial charge in [0.05, 0.1) is 0 Å². The molecule has 0 unspecified atom stereocenters. The Hall–Kier alpha value is -1.32. The van der Waals surface area contributed by atoms with Gasteiger partial charge in [-0.25, -0.2) is 0 Å². The molecule has 0 atom stereocenters. The molecular formula is C10H11ClN2O. The van der Waals surface area contributed by atoms with Gasteiger partial charge in [-0.1, -0.05) is 24.2 Å². The van der Waals surface area contributed by atoms with Crippen LogP contribution in [0.25, 0.3) is 0 Å². The lowest BCUT2D eigenvalue weighted by Gasteiger charge is -2.08. The highest BCUT2D eigenvalue weighted by Gasteiger charge is 2.03. The van der Waals surface area contributed by atoms with Crippen LogP contribution in [0.4, 0.5) is 5.69 Å². The van der Waals surface area contributed by atoms with Gasteiger partial charge in [-0.15, -0.1) is 0 Å². The maximum Gasteiger partial charge on any atom is 0.247 e. The molecule has 14 heavy (non-hydrogen) atoms. The zero-order valence-electron chi connectivity index (χ0n) is 7.59. The van der Waals surface area contributed by atoms with Crippen LogP contribution in [0.3, 0.4) is 0 Å². The summed E-state index contributed by atoms with van der Waals surface area (Å²) in [5.41, 5.74) is 6.96. The van der Waals surface area contributed by atoms with Crippen molar-refractivity contribution in [2.45, 2.75) is 6.54 Å². The monoisotopic (exact) mass is 210 g/mol. The van der Waals surface area contributed by atoms with Crippen LogP contribution in [-0.4, -0.2) is 5.91 Å². The highest BCUT2D eigenvalue weighted by atomic mass is 35.5. The van der Waals surface area contributed by atoms with Crippen molar-refractivity contribution in [1.29, 1.82) is 0 Å². The van der Waals surface area contributed by atoms with Gasteiger partial charge in [0.2, 0.25) is 5.91 Å². The van der Waals surface area contributed by atoms with Crippen molar-refractivity contribution in [3.8, 4) is 0 Å². The van der Waals surface area contributed by atoms with Gasteiger partial charge in [-0.2, -0.15) is 0 Å². The largest absolute Gasteiger partial charge is 0.326 e. The highest BCUT2D eigenvalue weighted by Crippen LogP contribution is 2.20. The molecule has 0 saturated carbocycles. The quantitative estimate of drug-likeness (QED) is 0.749. The highest BCUT2D eigenvalue weighted by molar-refractivity contribution is 6.31. The van der Waals surface area contributed by atoms with E-state index in [0.29, 0.717) is 17.3 Å². The molecule has 1 rings (SSSR count). The van der Waals surface area contributed by atoms with E-state index in [0.717, 1.165) is 5.56 Å². The number of halogens is 1. The minimum absolute atomic E-state index is 0.276. The number of anilines is 1. The summed E-state index contributed by atoms with van der Waals surface area (Å²) in [5, 5.41) is 3.19. The predicted octanol–water partition coefficient (Wildman–Crippen LogP) is 1.92. The zero-order chi connectivity index (χ0) is 10.6. The molecule has 1 aromatic rings. The second-order valence-electron chi connectivity index (χ2n) is 2.70. The molecule has 1 amide bonds. The van der Waals surface area contributed by atoms with E-state index in [2.05, 4.69) is 11.9 Å². The first-order chi connectivity index (χ1) is 6.67. The number of hydrogen-bond donors (Lipinski definition) is 2. The number of nitrogens with two attached hydrogens (primary N) is 1. The summed E-state index contributed by atoms with van der Waals surface area (Å²) in [7, 11) is 0. The van der Waals surface area contributed by atoms with Crippen molar-refractivity contribution in [2.75, 3.05) is 5.32 Å². The number of amides is 1. The van der Waals surface area contributed by atoms with E-state index < -0.39 is 0 Å². The molecule has 0 aliphatic carbocycles. The van der Waals surface area contributed by atoms with Gasteiger partial charge in [0, 0.05) is 17.3 Å². The molecule has 0 aliphatic rings.